The van der Waals surface area contributed by atoms with Gasteiger partial charge in [-0.2, -0.15) is 0 Å². The van der Waals surface area contributed by atoms with Crippen LogP contribution in [0.2, 0.25) is 0 Å². The van der Waals surface area contributed by atoms with E-state index in [1.165, 1.54) is 27.5 Å². The first-order valence-corrected chi connectivity index (χ1v) is 7.56. The average Bonchev–Trinajstić information content (AvgIpc) is 2.53. The van der Waals surface area contributed by atoms with Crippen LogP contribution in [0.4, 0.5) is 0 Å². The first-order chi connectivity index (χ1) is 10.3. The van der Waals surface area contributed by atoms with Crippen molar-refractivity contribution in [2.45, 2.75) is 12.5 Å². The fourth-order valence-electron chi connectivity index (χ4n) is 3.49. The van der Waals surface area contributed by atoms with Crippen LogP contribution in [0.25, 0.3) is 10.8 Å². The fraction of sp³-hybridized carbons (Fsp3) is 0.200. The van der Waals surface area contributed by atoms with E-state index in [9.17, 15) is 0 Å². The van der Waals surface area contributed by atoms with E-state index in [1.54, 1.807) is 0 Å². The van der Waals surface area contributed by atoms with Crippen LogP contribution in [0.5, 0.6) is 0 Å². The van der Waals surface area contributed by atoms with Crippen molar-refractivity contribution in [2.75, 3.05) is 13.6 Å². The van der Waals surface area contributed by atoms with Gasteiger partial charge in [-0.05, 0) is 34.5 Å². The van der Waals surface area contributed by atoms with Crippen LogP contribution in [0, 0.1) is 0 Å². The third kappa shape index (κ3) is 2.24. The van der Waals surface area contributed by atoms with Crippen molar-refractivity contribution in [1.82, 2.24) is 4.90 Å². The summed E-state index contributed by atoms with van der Waals surface area (Å²) in [4.78, 5) is 2.42. The van der Waals surface area contributed by atoms with Crippen molar-refractivity contribution in [3.8, 4) is 0 Å². The first-order valence-electron chi connectivity index (χ1n) is 7.56. The molecule has 1 atom stereocenters. The Morgan fingerprint density at radius 3 is 2.52 bits per heavy atom. The van der Waals surface area contributed by atoms with Crippen molar-refractivity contribution in [3.05, 3.63) is 83.4 Å². The molecular weight excluding hydrogens is 254 g/mol. The molecule has 0 unspecified atom stereocenters. The monoisotopic (exact) mass is 273 g/mol. The van der Waals surface area contributed by atoms with Gasteiger partial charge in [0.05, 0.1) is 0 Å². The summed E-state index contributed by atoms with van der Waals surface area (Å²) < 4.78 is 0. The normalized spacial score (nSPS) is 18.6. The topological polar surface area (TPSA) is 3.24 Å². The molecule has 1 heteroatoms. The molecule has 0 fully saturated rings. The molecule has 1 aliphatic rings. The minimum absolute atomic E-state index is 0.476. The van der Waals surface area contributed by atoms with E-state index in [2.05, 4.69) is 78.7 Å². The number of fused-ring (bicyclic) bond motifs is 2. The van der Waals surface area contributed by atoms with E-state index in [1.807, 2.05) is 0 Å². The van der Waals surface area contributed by atoms with Gasteiger partial charge in [-0.3, -0.25) is 0 Å². The quantitative estimate of drug-likeness (QED) is 0.634. The second kappa shape index (κ2) is 5.01. The lowest BCUT2D eigenvalue weighted by molar-refractivity contribution is 0.295. The number of rotatable bonds is 1. The molecule has 0 amide bonds. The maximum absolute atomic E-state index is 2.42. The molecule has 0 radical (unpaired) electrons. The highest BCUT2D eigenvalue weighted by atomic mass is 15.1. The van der Waals surface area contributed by atoms with Crippen LogP contribution in [-0.4, -0.2) is 18.5 Å². The predicted octanol–water partition coefficient (Wildman–Crippen LogP) is 4.42. The molecule has 1 nitrogen and oxygen atoms in total. The van der Waals surface area contributed by atoms with Crippen molar-refractivity contribution in [3.63, 3.8) is 0 Å². The van der Waals surface area contributed by atoms with Crippen LogP contribution in [0.1, 0.15) is 22.6 Å². The van der Waals surface area contributed by atoms with Crippen LogP contribution in [0.3, 0.4) is 0 Å². The molecule has 0 aliphatic carbocycles. The van der Waals surface area contributed by atoms with Crippen LogP contribution >= 0.6 is 0 Å². The number of nitrogens with zero attached hydrogens (tertiary/aromatic N) is 1. The van der Waals surface area contributed by atoms with Crippen molar-refractivity contribution >= 4 is 10.8 Å². The summed E-state index contributed by atoms with van der Waals surface area (Å²) in [5.74, 6) is 0.476. The summed E-state index contributed by atoms with van der Waals surface area (Å²) in [5, 5.41) is 2.65. The summed E-state index contributed by atoms with van der Waals surface area (Å²) in [5.41, 5.74) is 4.38. The van der Waals surface area contributed by atoms with Gasteiger partial charge in [0.1, 0.15) is 0 Å². The Bertz CT molecular complexity index is 790. The Kier molecular flexibility index (Phi) is 3.01. The van der Waals surface area contributed by atoms with E-state index in [0.717, 1.165) is 13.1 Å². The van der Waals surface area contributed by atoms with Crippen LogP contribution in [0.15, 0.2) is 66.7 Å². The molecule has 4 rings (SSSR count). The van der Waals surface area contributed by atoms with Crippen LogP contribution < -0.4 is 0 Å². The average molecular weight is 273 g/mol. The maximum atomic E-state index is 2.42. The van der Waals surface area contributed by atoms with E-state index in [-0.39, 0.29) is 0 Å². The largest absolute Gasteiger partial charge is 0.301 e. The second-order valence-electron chi connectivity index (χ2n) is 6.05. The van der Waals surface area contributed by atoms with E-state index in [4.69, 9.17) is 0 Å². The summed E-state index contributed by atoms with van der Waals surface area (Å²) >= 11 is 0. The fourth-order valence-corrected chi connectivity index (χ4v) is 3.49. The van der Waals surface area contributed by atoms with Gasteiger partial charge in [0.2, 0.25) is 0 Å². The highest BCUT2D eigenvalue weighted by Crippen LogP contribution is 2.34. The van der Waals surface area contributed by atoms with Gasteiger partial charge in [0.25, 0.3) is 0 Å². The smallest absolute Gasteiger partial charge is 0.0234 e. The van der Waals surface area contributed by atoms with Crippen molar-refractivity contribution in [2.24, 2.45) is 0 Å². The summed E-state index contributed by atoms with van der Waals surface area (Å²) in [6, 6.07) is 24.4. The second-order valence-corrected chi connectivity index (χ2v) is 6.05. The summed E-state index contributed by atoms with van der Waals surface area (Å²) in [6.45, 7) is 2.15. The zero-order valence-electron chi connectivity index (χ0n) is 12.3. The third-order valence-electron chi connectivity index (χ3n) is 4.54. The minimum Gasteiger partial charge on any atom is -0.301 e. The van der Waals surface area contributed by atoms with Crippen molar-refractivity contribution in [1.29, 1.82) is 0 Å². The maximum Gasteiger partial charge on any atom is 0.0234 e. The molecule has 21 heavy (non-hydrogen) atoms. The Morgan fingerprint density at radius 2 is 1.62 bits per heavy atom. The number of benzene rings is 3. The van der Waals surface area contributed by atoms with E-state index >= 15 is 0 Å². The highest BCUT2D eigenvalue weighted by molar-refractivity contribution is 5.83. The molecule has 1 heterocycles. The van der Waals surface area contributed by atoms with Gasteiger partial charge in [0, 0.05) is 19.0 Å². The van der Waals surface area contributed by atoms with E-state index in [0.29, 0.717) is 5.92 Å². The molecule has 1 aliphatic heterocycles. The summed E-state index contributed by atoms with van der Waals surface area (Å²) in [7, 11) is 2.21. The zero-order chi connectivity index (χ0) is 14.2. The molecule has 104 valence electrons. The first kappa shape index (κ1) is 12.6. The van der Waals surface area contributed by atoms with Gasteiger partial charge >= 0.3 is 0 Å². The Balaban J connectivity index is 1.84. The van der Waals surface area contributed by atoms with Crippen molar-refractivity contribution < 1.29 is 0 Å². The number of likely N-dealkylation sites (N-methyl/N-ethyl adjacent to an activating group) is 1. The third-order valence-corrected chi connectivity index (χ3v) is 4.54. The van der Waals surface area contributed by atoms with Gasteiger partial charge in [-0.15, -0.1) is 0 Å². The Morgan fingerprint density at radius 1 is 0.857 bits per heavy atom. The molecule has 3 aromatic rings. The van der Waals surface area contributed by atoms with Gasteiger partial charge in [0.15, 0.2) is 0 Å². The molecule has 0 spiro atoms. The highest BCUT2D eigenvalue weighted by Gasteiger charge is 2.24. The SMILES string of the molecule is CN1Cc2ccccc2[C@H](c2ccc3ccccc3c2)C1. The molecule has 0 bridgehead atoms. The molecular formula is C20H19N. The number of hydrogen-bond acceptors (Lipinski definition) is 1. The molecule has 0 saturated carbocycles. The van der Waals surface area contributed by atoms with Gasteiger partial charge in [-0.25, -0.2) is 0 Å². The zero-order valence-corrected chi connectivity index (χ0v) is 12.3. The summed E-state index contributed by atoms with van der Waals surface area (Å²) in [6.07, 6.45) is 0. The standard InChI is InChI=1S/C20H19N/c1-21-13-18-8-4-5-9-19(18)20(14-21)17-11-10-15-6-2-3-7-16(15)12-17/h2-12,20H,13-14H2,1H3/t20-/m0/s1. The lowest BCUT2D eigenvalue weighted by Gasteiger charge is -2.32. The lowest BCUT2D eigenvalue weighted by atomic mass is 9.84. The Hall–Kier alpha value is -2.12. The van der Waals surface area contributed by atoms with Gasteiger partial charge in [-0.1, -0.05) is 66.7 Å². The Labute approximate surface area is 125 Å². The molecule has 0 aromatic heterocycles. The van der Waals surface area contributed by atoms with Crippen LogP contribution in [-0.2, 0) is 6.54 Å². The minimum atomic E-state index is 0.476. The van der Waals surface area contributed by atoms with Gasteiger partial charge < -0.3 is 4.90 Å². The molecule has 0 saturated heterocycles. The molecule has 3 aromatic carbocycles. The predicted molar refractivity (Wildman–Crippen MR) is 88.6 cm³/mol. The lowest BCUT2D eigenvalue weighted by Crippen LogP contribution is -2.30. The van der Waals surface area contributed by atoms with E-state index < -0.39 is 0 Å². The molecule has 0 N–H and O–H groups in total. The number of hydrogen-bond donors (Lipinski definition) is 0.